The lowest BCUT2D eigenvalue weighted by Gasteiger charge is -2.15. The van der Waals surface area contributed by atoms with Gasteiger partial charge in [0.05, 0.1) is 5.57 Å². The molecule has 1 aliphatic heterocycles. The van der Waals surface area contributed by atoms with E-state index in [1.807, 2.05) is 63.2 Å². The van der Waals surface area contributed by atoms with E-state index in [0.29, 0.717) is 30.8 Å². The maximum absolute atomic E-state index is 13.2. The summed E-state index contributed by atoms with van der Waals surface area (Å²) in [5.41, 5.74) is 5.47. The summed E-state index contributed by atoms with van der Waals surface area (Å²) in [4.78, 5) is 27.6. The number of benzene rings is 2. The number of anilines is 1. The molecule has 3 rings (SSSR count). The average Bonchev–Trinajstić information content (AvgIpc) is 2.88. The minimum Gasteiger partial charge on any atom is -0.385 e. The van der Waals surface area contributed by atoms with Crippen molar-refractivity contribution < 1.29 is 14.3 Å². The highest BCUT2D eigenvalue weighted by molar-refractivity contribution is 6.36. The molecule has 1 aliphatic rings. The molecule has 146 valence electrons. The normalized spacial score (nSPS) is 14.2. The van der Waals surface area contributed by atoms with Crippen LogP contribution in [-0.2, 0) is 14.3 Å². The van der Waals surface area contributed by atoms with Gasteiger partial charge in [-0.25, -0.2) is 0 Å². The van der Waals surface area contributed by atoms with Gasteiger partial charge in [0.2, 0.25) is 0 Å². The summed E-state index contributed by atoms with van der Waals surface area (Å²) in [6.07, 6.45) is 0.603. The number of methoxy groups -OCH3 is 1. The van der Waals surface area contributed by atoms with Crippen LogP contribution in [0.15, 0.2) is 48.2 Å². The molecule has 2 aromatic carbocycles. The van der Waals surface area contributed by atoms with Crippen LogP contribution in [-0.4, -0.2) is 37.0 Å². The van der Waals surface area contributed by atoms with Crippen LogP contribution in [0.1, 0.15) is 28.7 Å². The number of rotatable bonds is 7. The van der Waals surface area contributed by atoms with Crippen molar-refractivity contribution in [3.63, 3.8) is 0 Å². The summed E-state index contributed by atoms with van der Waals surface area (Å²) in [5.74, 6) is -0.552. The third-order valence-electron chi connectivity index (χ3n) is 4.95. The van der Waals surface area contributed by atoms with E-state index >= 15 is 0 Å². The highest BCUT2D eigenvalue weighted by atomic mass is 16.5. The summed E-state index contributed by atoms with van der Waals surface area (Å²) >= 11 is 0. The number of hydrogen-bond acceptors (Lipinski definition) is 4. The fourth-order valence-corrected chi connectivity index (χ4v) is 3.45. The molecular weight excluding hydrogens is 352 g/mol. The van der Waals surface area contributed by atoms with Crippen LogP contribution < -0.4 is 5.32 Å². The van der Waals surface area contributed by atoms with Crippen LogP contribution in [0.4, 0.5) is 5.69 Å². The van der Waals surface area contributed by atoms with E-state index in [1.165, 1.54) is 4.90 Å². The highest BCUT2D eigenvalue weighted by Crippen LogP contribution is 2.33. The molecule has 0 atom stereocenters. The van der Waals surface area contributed by atoms with Crippen molar-refractivity contribution in [1.29, 1.82) is 0 Å². The first-order valence-electron chi connectivity index (χ1n) is 9.43. The lowest BCUT2D eigenvalue weighted by atomic mass is 9.97. The van der Waals surface area contributed by atoms with E-state index in [1.54, 1.807) is 7.11 Å². The van der Waals surface area contributed by atoms with Gasteiger partial charge in [0.15, 0.2) is 0 Å². The standard InChI is InChI=1S/C23H26N2O3/c1-15-10-11-18(17(3)14-15)20-21(24-19-9-6-5-8-16(19)2)23(27)25(22(20)26)12-7-13-28-4/h5-6,8-11,14,24H,7,12-13H2,1-4H3. The highest BCUT2D eigenvalue weighted by Gasteiger charge is 2.39. The average molecular weight is 378 g/mol. The Bertz CT molecular complexity index is 947. The van der Waals surface area contributed by atoms with Gasteiger partial charge in [0.25, 0.3) is 11.8 Å². The SMILES string of the molecule is COCCCN1C(=O)C(Nc2ccccc2C)=C(c2ccc(C)cc2C)C1=O. The minimum absolute atomic E-state index is 0.260. The molecular formula is C23H26N2O3. The third-order valence-corrected chi connectivity index (χ3v) is 4.95. The number of amides is 2. The fraction of sp³-hybridized carbons (Fsp3) is 0.304. The number of carbonyl (C=O) groups is 2. The third kappa shape index (κ3) is 3.85. The molecule has 5 nitrogen and oxygen atoms in total. The number of nitrogens with zero attached hydrogens (tertiary/aromatic N) is 1. The molecule has 5 heteroatoms. The maximum Gasteiger partial charge on any atom is 0.278 e. The smallest absolute Gasteiger partial charge is 0.278 e. The summed E-state index contributed by atoms with van der Waals surface area (Å²) < 4.78 is 5.08. The summed E-state index contributed by atoms with van der Waals surface area (Å²) in [5, 5.41) is 3.24. The predicted molar refractivity (Wildman–Crippen MR) is 111 cm³/mol. The summed E-state index contributed by atoms with van der Waals surface area (Å²) in [6.45, 7) is 6.77. The summed E-state index contributed by atoms with van der Waals surface area (Å²) in [7, 11) is 1.61. The van der Waals surface area contributed by atoms with Crippen LogP contribution in [0.2, 0.25) is 0 Å². The van der Waals surface area contributed by atoms with Crippen molar-refractivity contribution in [2.24, 2.45) is 0 Å². The van der Waals surface area contributed by atoms with Crippen molar-refractivity contribution in [2.75, 3.05) is 25.6 Å². The molecule has 0 bridgehead atoms. The minimum atomic E-state index is -0.292. The van der Waals surface area contributed by atoms with Gasteiger partial charge >= 0.3 is 0 Å². The van der Waals surface area contributed by atoms with Gasteiger partial charge in [0, 0.05) is 25.9 Å². The largest absolute Gasteiger partial charge is 0.385 e. The molecule has 2 aromatic rings. The molecule has 0 fully saturated rings. The molecule has 0 aliphatic carbocycles. The zero-order valence-electron chi connectivity index (χ0n) is 16.8. The zero-order chi connectivity index (χ0) is 20.3. The van der Waals surface area contributed by atoms with Crippen LogP contribution in [0.3, 0.4) is 0 Å². The molecule has 2 amide bonds. The Morgan fingerprint density at radius 1 is 0.964 bits per heavy atom. The second kappa shape index (κ2) is 8.40. The van der Waals surface area contributed by atoms with Crippen molar-refractivity contribution in [3.8, 4) is 0 Å². The van der Waals surface area contributed by atoms with Gasteiger partial charge in [0.1, 0.15) is 5.70 Å². The number of para-hydroxylation sites is 1. The fourth-order valence-electron chi connectivity index (χ4n) is 3.45. The summed E-state index contributed by atoms with van der Waals surface area (Å²) in [6, 6.07) is 13.6. The van der Waals surface area contributed by atoms with Crippen LogP contribution in [0, 0.1) is 20.8 Å². The predicted octanol–water partition coefficient (Wildman–Crippen LogP) is 3.84. The van der Waals surface area contributed by atoms with Gasteiger partial charge in [-0.2, -0.15) is 0 Å². The Morgan fingerprint density at radius 3 is 2.39 bits per heavy atom. The first-order valence-corrected chi connectivity index (χ1v) is 9.43. The van der Waals surface area contributed by atoms with Gasteiger partial charge in [-0.05, 0) is 49.9 Å². The Hall–Kier alpha value is -2.92. The van der Waals surface area contributed by atoms with Crippen molar-refractivity contribution in [2.45, 2.75) is 27.2 Å². The van der Waals surface area contributed by atoms with Crippen molar-refractivity contribution in [3.05, 3.63) is 70.4 Å². The van der Waals surface area contributed by atoms with Crippen molar-refractivity contribution in [1.82, 2.24) is 4.90 Å². The second-order valence-corrected chi connectivity index (χ2v) is 7.12. The van der Waals surface area contributed by atoms with Gasteiger partial charge < -0.3 is 10.1 Å². The number of nitrogens with one attached hydrogen (secondary N) is 1. The molecule has 0 saturated heterocycles. The van der Waals surface area contributed by atoms with E-state index in [9.17, 15) is 9.59 Å². The van der Waals surface area contributed by atoms with Gasteiger partial charge in [-0.1, -0.05) is 42.0 Å². The molecule has 0 saturated carbocycles. The zero-order valence-corrected chi connectivity index (χ0v) is 16.8. The first kappa shape index (κ1) is 19.8. The van der Waals surface area contributed by atoms with E-state index in [0.717, 1.165) is 27.9 Å². The lowest BCUT2D eigenvalue weighted by Crippen LogP contribution is -2.34. The number of carbonyl (C=O) groups excluding carboxylic acids is 2. The van der Waals surface area contributed by atoms with E-state index in [2.05, 4.69) is 5.32 Å². The quantitative estimate of drug-likeness (QED) is 0.587. The molecule has 1 N–H and O–H groups in total. The molecule has 0 unspecified atom stereocenters. The first-order chi connectivity index (χ1) is 13.4. The molecule has 0 radical (unpaired) electrons. The maximum atomic E-state index is 13.2. The number of imide groups is 1. The Kier molecular flexibility index (Phi) is 5.95. The van der Waals surface area contributed by atoms with Crippen LogP contribution in [0.25, 0.3) is 5.57 Å². The second-order valence-electron chi connectivity index (χ2n) is 7.12. The van der Waals surface area contributed by atoms with E-state index in [4.69, 9.17) is 4.74 Å². The molecule has 28 heavy (non-hydrogen) atoms. The monoisotopic (exact) mass is 378 g/mol. The van der Waals surface area contributed by atoms with E-state index < -0.39 is 0 Å². The Morgan fingerprint density at radius 2 is 1.71 bits per heavy atom. The molecule has 1 heterocycles. The number of hydrogen-bond donors (Lipinski definition) is 1. The number of aryl methyl sites for hydroxylation is 3. The van der Waals surface area contributed by atoms with E-state index in [-0.39, 0.29) is 11.8 Å². The van der Waals surface area contributed by atoms with Crippen LogP contribution >= 0.6 is 0 Å². The molecule has 0 aromatic heterocycles. The van der Waals surface area contributed by atoms with Gasteiger partial charge in [-0.15, -0.1) is 0 Å². The van der Waals surface area contributed by atoms with Crippen molar-refractivity contribution >= 4 is 23.1 Å². The Labute approximate surface area is 166 Å². The van der Waals surface area contributed by atoms with Gasteiger partial charge in [-0.3, -0.25) is 14.5 Å². The molecule has 0 spiro atoms. The number of ether oxygens (including phenoxy) is 1. The Balaban J connectivity index is 2.06. The van der Waals surface area contributed by atoms with Crippen LogP contribution in [0.5, 0.6) is 0 Å². The topological polar surface area (TPSA) is 58.6 Å². The lowest BCUT2D eigenvalue weighted by molar-refractivity contribution is -0.136.